The Kier molecular flexibility index (Phi) is 13.2. The molecule has 0 spiro atoms. The fraction of sp³-hybridized carbons (Fsp3) is 0.700. The van der Waals surface area contributed by atoms with Crippen LogP contribution in [0.15, 0.2) is 23.3 Å². The molecule has 0 unspecified atom stereocenters. The van der Waals surface area contributed by atoms with Gasteiger partial charge < -0.3 is 20.1 Å². The molecule has 1 aliphatic rings. The Morgan fingerprint density at radius 2 is 1.96 bits per heavy atom. The topological polar surface area (TPSA) is 67.8 Å². The summed E-state index contributed by atoms with van der Waals surface area (Å²) in [5.41, 5.74) is 1.11. The molecule has 2 N–H and O–H groups in total. The summed E-state index contributed by atoms with van der Waals surface area (Å²) < 4.78 is 11.5. The number of hydrogen-bond acceptors (Lipinski definition) is 4. The van der Waals surface area contributed by atoms with Crippen molar-refractivity contribution in [3.8, 4) is 5.88 Å². The zero-order valence-electron chi connectivity index (χ0n) is 16.7. The maximum absolute atomic E-state index is 5.90. The molecule has 0 saturated heterocycles. The molecule has 1 saturated carbocycles. The van der Waals surface area contributed by atoms with Crippen LogP contribution < -0.4 is 15.4 Å². The lowest BCUT2D eigenvalue weighted by Gasteiger charge is -2.13. The highest BCUT2D eigenvalue weighted by Crippen LogP contribution is 2.22. The van der Waals surface area contributed by atoms with Gasteiger partial charge in [0.05, 0.1) is 0 Å². The Hall–Kier alpha value is -1.09. The molecule has 2 rings (SSSR count). The number of unbranched alkanes of at least 4 members (excludes halogenated alkanes) is 1. The number of nitrogens with zero attached hydrogens (tertiary/aromatic N) is 2. The third kappa shape index (κ3) is 10.1. The maximum atomic E-state index is 5.90. The molecule has 1 aromatic rings. The van der Waals surface area contributed by atoms with E-state index in [1.54, 1.807) is 7.05 Å². The monoisotopic (exact) mass is 490 g/mol. The molecule has 1 heterocycles. The third-order valence-electron chi connectivity index (χ3n) is 4.47. The molecule has 0 aromatic carbocycles. The van der Waals surface area contributed by atoms with E-state index in [0.717, 1.165) is 62.8 Å². The zero-order valence-corrected chi connectivity index (χ0v) is 19.0. The zero-order chi connectivity index (χ0) is 18.5. The van der Waals surface area contributed by atoms with Gasteiger partial charge in [0.1, 0.15) is 6.10 Å². The smallest absolute Gasteiger partial charge is 0.213 e. The Labute approximate surface area is 180 Å². The van der Waals surface area contributed by atoms with Gasteiger partial charge in [-0.25, -0.2) is 4.98 Å². The molecule has 1 fully saturated rings. The molecule has 0 aliphatic heterocycles. The van der Waals surface area contributed by atoms with Crippen molar-refractivity contribution in [2.75, 3.05) is 26.8 Å². The quantitative estimate of drug-likeness (QED) is 0.213. The lowest BCUT2D eigenvalue weighted by molar-refractivity contribution is 0.129. The number of aromatic nitrogens is 1. The molecule has 27 heavy (non-hydrogen) atoms. The average Bonchev–Trinajstić information content (AvgIpc) is 3.17. The second kappa shape index (κ2) is 14.9. The van der Waals surface area contributed by atoms with Crippen molar-refractivity contribution in [3.63, 3.8) is 0 Å². The standard InChI is InChI=1S/C20H34N4O2.HI/c1-3-4-13-25-14-7-12-22-20(21-2)24-16-17-10-11-19(23-15-17)26-18-8-5-6-9-18;/h10-11,15,18H,3-9,12-14,16H2,1-2H3,(H2,21,22,24);1H. The van der Waals surface area contributed by atoms with Crippen molar-refractivity contribution in [1.29, 1.82) is 0 Å². The van der Waals surface area contributed by atoms with E-state index >= 15 is 0 Å². The summed E-state index contributed by atoms with van der Waals surface area (Å²) in [6.07, 6.45) is 10.3. The molecular weight excluding hydrogens is 455 g/mol. The molecular formula is C20H35IN4O2. The fourth-order valence-corrected chi connectivity index (χ4v) is 2.90. The van der Waals surface area contributed by atoms with E-state index in [1.807, 2.05) is 12.3 Å². The number of halogens is 1. The first-order chi connectivity index (χ1) is 12.8. The molecule has 0 radical (unpaired) electrons. The van der Waals surface area contributed by atoms with E-state index in [1.165, 1.54) is 19.3 Å². The van der Waals surface area contributed by atoms with Crippen LogP contribution in [0.3, 0.4) is 0 Å². The number of hydrogen-bond donors (Lipinski definition) is 2. The third-order valence-corrected chi connectivity index (χ3v) is 4.47. The molecule has 0 atom stereocenters. The highest BCUT2D eigenvalue weighted by Gasteiger charge is 2.16. The molecule has 154 valence electrons. The number of ether oxygens (including phenoxy) is 2. The minimum Gasteiger partial charge on any atom is -0.474 e. The second-order valence-corrected chi connectivity index (χ2v) is 6.70. The van der Waals surface area contributed by atoms with E-state index < -0.39 is 0 Å². The van der Waals surface area contributed by atoms with Crippen LogP contribution in [-0.2, 0) is 11.3 Å². The van der Waals surface area contributed by atoms with Gasteiger partial charge in [-0.3, -0.25) is 4.99 Å². The number of aliphatic imine (C=N–C) groups is 1. The van der Waals surface area contributed by atoms with E-state index in [4.69, 9.17) is 9.47 Å². The van der Waals surface area contributed by atoms with Crippen molar-refractivity contribution in [1.82, 2.24) is 15.6 Å². The molecule has 0 bridgehead atoms. The Balaban J connectivity index is 0.00000364. The van der Waals surface area contributed by atoms with Gasteiger partial charge in [-0.1, -0.05) is 19.4 Å². The molecule has 0 amide bonds. The number of rotatable bonds is 11. The normalized spacial score (nSPS) is 14.7. The summed E-state index contributed by atoms with van der Waals surface area (Å²) in [6, 6.07) is 4.01. The first-order valence-electron chi connectivity index (χ1n) is 9.95. The molecule has 6 nitrogen and oxygen atoms in total. The minimum atomic E-state index is 0. The van der Waals surface area contributed by atoms with Crippen molar-refractivity contribution in [3.05, 3.63) is 23.9 Å². The van der Waals surface area contributed by atoms with Crippen LogP contribution in [0.5, 0.6) is 5.88 Å². The number of pyridine rings is 1. The predicted molar refractivity (Wildman–Crippen MR) is 121 cm³/mol. The lowest BCUT2D eigenvalue weighted by Crippen LogP contribution is -2.37. The molecule has 7 heteroatoms. The Morgan fingerprint density at radius 3 is 2.63 bits per heavy atom. The number of nitrogens with one attached hydrogen (secondary N) is 2. The maximum Gasteiger partial charge on any atom is 0.213 e. The van der Waals surface area contributed by atoms with Gasteiger partial charge in [-0.15, -0.1) is 24.0 Å². The Morgan fingerprint density at radius 1 is 1.19 bits per heavy atom. The summed E-state index contributed by atoms with van der Waals surface area (Å²) in [7, 11) is 1.78. The number of guanidine groups is 1. The van der Waals surface area contributed by atoms with Crippen molar-refractivity contribution in [2.24, 2.45) is 4.99 Å². The summed E-state index contributed by atoms with van der Waals surface area (Å²) in [5, 5.41) is 6.61. The van der Waals surface area contributed by atoms with Crippen molar-refractivity contribution >= 4 is 29.9 Å². The largest absolute Gasteiger partial charge is 0.474 e. The van der Waals surface area contributed by atoms with Gasteiger partial charge in [0, 0.05) is 45.6 Å². The van der Waals surface area contributed by atoms with Crippen LogP contribution in [0.2, 0.25) is 0 Å². The van der Waals surface area contributed by atoms with Gasteiger partial charge in [-0.2, -0.15) is 0 Å². The van der Waals surface area contributed by atoms with Gasteiger partial charge in [0.25, 0.3) is 0 Å². The van der Waals surface area contributed by atoms with Gasteiger partial charge in [0.15, 0.2) is 5.96 Å². The van der Waals surface area contributed by atoms with Gasteiger partial charge in [-0.05, 0) is 44.1 Å². The summed E-state index contributed by atoms with van der Waals surface area (Å²) in [5.74, 6) is 1.52. The van der Waals surface area contributed by atoms with Crippen LogP contribution in [0.25, 0.3) is 0 Å². The first kappa shape index (κ1) is 23.9. The second-order valence-electron chi connectivity index (χ2n) is 6.70. The van der Waals surface area contributed by atoms with Crippen molar-refractivity contribution in [2.45, 2.75) is 64.5 Å². The van der Waals surface area contributed by atoms with E-state index in [9.17, 15) is 0 Å². The Bertz CT molecular complexity index is 519. The van der Waals surface area contributed by atoms with Gasteiger partial charge >= 0.3 is 0 Å². The summed E-state index contributed by atoms with van der Waals surface area (Å²) in [6.45, 7) is 5.35. The summed E-state index contributed by atoms with van der Waals surface area (Å²) >= 11 is 0. The van der Waals surface area contributed by atoms with Crippen LogP contribution >= 0.6 is 24.0 Å². The lowest BCUT2D eigenvalue weighted by atomic mass is 10.3. The van der Waals surface area contributed by atoms with E-state index in [2.05, 4.69) is 33.6 Å². The summed E-state index contributed by atoms with van der Waals surface area (Å²) in [4.78, 5) is 8.66. The van der Waals surface area contributed by atoms with Gasteiger partial charge in [0.2, 0.25) is 5.88 Å². The van der Waals surface area contributed by atoms with E-state index in [0.29, 0.717) is 12.6 Å². The predicted octanol–water partition coefficient (Wildman–Crippen LogP) is 3.89. The van der Waals surface area contributed by atoms with Crippen molar-refractivity contribution < 1.29 is 9.47 Å². The fourth-order valence-electron chi connectivity index (χ4n) is 2.90. The van der Waals surface area contributed by atoms with Crippen LogP contribution in [0, 0.1) is 0 Å². The highest BCUT2D eigenvalue weighted by molar-refractivity contribution is 14.0. The minimum absolute atomic E-state index is 0. The van der Waals surface area contributed by atoms with Crippen LogP contribution in [-0.4, -0.2) is 43.9 Å². The SMILES string of the molecule is CCCCOCCCNC(=NC)NCc1ccc(OC2CCCC2)nc1.I. The van der Waals surface area contributed by atoms with Crippen LogP contribution in [0.1, 0.15) is 57.4 Å². The van der Waals surface area contributed by atoms with Crippen LogP contribution in [0.4, 0.5) is 0 Å². The highest BCUT2D eigenvalue weighted by atomic mass is 127. The first-order valence-corrected chi connectivity index (χ1v) is 9.95. The van der Waals surface area contributed by atoms with E-state index in [-0.39, 0.29) is 24.0 Å². The molecule has 1 aliphatic carbocycles. The molecule has 1 aromatic heterocycles. The average molecular weight is 490 g/mol.